The Kier molecular flexibility index (Phi) is 7.83. The average Bonchev–Trinajstić information content (AvgIpc) is 3.40. The van der Waals surface area contributed by atoms with Gasteiger partial charge < -0.3 is 21.1 Å². The van der Waals surface area contributed by atoms with Gasteiger partial charge in [-0.3, -0.25) is 0 Å². The van der Waals surface area contributed by atoms with E-state index >= 15 is 0 Å². The summed E-state index contributed by atoms with van der Waals surface area (Å²) in [5, 5.41) is 24.4. The minimum absolute atomic E-state index is 0.148. The number of amides is 2. The molecule has 0 fully saturated rings. The molecule has 0 radical (unpaired) electrons. The molecule has 0 atom stereocenters. The monoisotopic (exact) mass is 618 g/mol. The fourth-order valence-corrected chi connectivity index (χ4v) is 5.14. The Labute approximate surface area is 251 Å². The van der Waals surface area contributed by atoms with Gasteiger partial charge in [-0.15, -0.1) is 0 Å². The number of fused-ring (bicyclic) bond motifs is 1. The van der Waals surface area contributed by atoms with Crippen molar-refractivity contribution >= 4 is 39.1 Å². The third-order valence-corrected chi connectivity index (χ3v) is 7.37. The van der Waals surface area contributed by atoms with E-state index in [4.69, 9.17) is 4.98 Å². The fourth-order valence-electron chi connectivity index (χ4n) is 4.79. The molecule has 0 saturated carbocycles. The standard InChI is InChI=1S/C33H27BrN6O2/c34-27-21-36-40-30(19-28(38-32(27)40)26-16-7-8-17-29(26)41)35-20-22-10-9-15-25(18-22)37-33(42)39-31(23-11-3-1-4-12-23)24-13-5-2-6-14-24/h1-19,21,31,35,41H,20H2,(H2,37,39,42). The number of phenols is 1. The second kappa shape index (κ2) is 12.2. The Morgan fingerprint density at radius 1 is 0.857 bits per heavy atom. The maximum absolute atomic E-state index is 13.1. The van der Waals surface area contributed by atoms with Crippen LogP contribution >= 0.6 is 15.9 Å². The van der Waals surface area contributed by atoms with Crippen molar-refractivity contribution in [1.82, 2.24) is 19.9 Å². The number of aromatic hydroxyl groups is 1. The Hall–Kier alpha value is -5.15. The molecule has 0 unspecified atom stereocenters. The Bertz CT molecular complexity index is 1800. The van der Waals surface area contributed by atoms with Gasteiger partial charge in [0.2, 0.25) is 0 Å². The number of phenolic OH excluding ortho intramolecular Hbond substituents is 1. The molecule has 6 aromatic rings. The molecule has 2 aromatic heterocycles. The Morgan fingerprint density at radius 3 is 2.26 bits per heavy atom. The summed E-state index contributed by atoms with van der Waals surface area (Å²) in [6.45, 7) is 0.463. The quantitative estimate of drug-likeness (QED) is 0.142. The predicted octanol–water partition coefficient (Wildman–Crippen LogP) is 7.39. The van der Waals surface area contributed by atoms with Crippen molar-refractivity contribution < 1.29 is 9.90 Å². The van der Waals surface area contributed by atoms with Gasteiger partial charge in [0.15, 0.2) is 5.65 Å². The van der Waals surface area contributed by atoms with Crippen LogP contribution in [0.25, 0.3) is 16.9 Å². The second-order valence-electron chi connectivity index (χ2n) is 9.68. The van der Waals surface area contributed by atoms with E-state index in [9.17, 15) is 9.90 Å². The largest absolute Gasteiger partial charge is 0.507 e. The van der Waals surface area contributed by atoms with Crippen LogP contribution in [0.15, 0.2) is 126 Å². The SMILES string of the molecule is O=C(Nc1cccc(CNc2cc(-c3ccccc3O)nc3c(Br)cnn23)c1)NC(c1ccccc1)c1ccccc1. The van der Waals surface area contributed by atoms with Crippen molar-refractivity contribution in [2.24, 2.45) is 0 Å². The first-order valence-corrected chi connectivity index (χ1v) is 14.2. The van der Waals surface area contributed by atoms with E-state index in [-0.39, 0.29) is 17.8 Å². The van der Waals surface area contributed by atoms with Gasteiger partial charge in [-0.2, -0.15) is 9.61 Å². The van der Waals surface area contributed by atoms with Gasteiger partial charge in [0.1, 0.15) is 11.6 Å². The third-order valence-electron chi connectivity index (χ3n) is 6.81. The van der Waals surface area contributed by atoms with Crippen LogP contribution in [-0.2, 0) is 6.54 Å². The van der Waals surface area contributed by atoms with Gasteiger partial charge in [0.05, 0.1) is 22.4 Å². The number of aromatic nitrogens is 3. The lowest BCUT2D eigenvalue weighted by molar-refractivity contribution is 0.250. The van der Waals surface area contributed by atoms with Crippen molar-refractivity contribution in [2.45, 2.75) is 12.6 Å². The van der Waals surface area contributed by atoms with Gasteiger partial charge >= 0.3 is 6.03 Å². The molecular formula is C33H27BrN6O2. The minimum atomic E-state index is -0.303. The zero-order chi connectivity index (χ0) is 28.9. The average molecular weight is 620 g/mol. The van der Waals surface area contributed by atoms with Crippen LogP contribution in [0, 0.1) is 0 Å². The molecule has 8 nitrogen and oxygen atoms in total. The molecule has 0 aliphatic rings. The summed E-state index contributed by atoms with van der Waals surface area (Å²) >= 11 is 3.52. The van der Waals surface area contributed by atoms with Gasteiger partial charge in [-0.25, -0.2) is 9.78 Å². The van der Waals surface area contributed by atoms with Crippen LogP contribution in [0.4, 0.5) is 16.3 Å². The Balaban J connectivity index is 1.19. The highest BCUT2D eigenvalue weighted by Crippen LogP contribution is 2.31. The zero-order valence-electron chi connectivity index (χ0n) is 22.4. The van der Waals surface area contributed by atoms with Crippen LogP contribution < -0.4 is 16.0 Å². The van der Waals surface area contributed by atoms with E-state index in [1.807, 2.05) is 103 Å². The smallest absolute Gasteiger partial charge is 0.319 e. The number of carbonyl (C=O) groups is 1. The van der Waals surface area contributed by atoms with Crippen LogP contribution in [0.2, 0.25) is 0 Å². The first-order valence-electron chi connectivity index (χ1n) is 13.4. The normalized spacial score (nSPS) is 11.0. The molecule has 208 valence electrons. The van der Waals surface area contributed by atoms with E-state index in [1.54, 1.807) is 22.8 Å². The van der Waals surface area contributed by atoms with Crippen molar-refractivity contribution in [3.8, 4) is 17.0 Å². The number of nitrogens with one attached hydrogen (secondary N) is 3. The van der Waals surface area contributed by atoms with Crippen LogP contribution in [0.3, 0.4) is 0 Å². The van der Waals surface area contributed by atoms with E-state index < -0.39 is 0 Å². The molecule has 2 heterocycles. The van der Waals surface area contributed by atoms with Crippen molar-refractivity contribution in [3.05, 3.63) is 143 Å². The molecule has 0 saturated heterocycles. The summed E-state index contributed by atoms with van der Waals surface area (Å²) in [5.41, 5.74) is 5.47. The van der Waals surface area contributed by atoms with Crippen LogP contribution in [-0.4, -0.2) is 25.7 Å². The van der Waals surface area contributed by atoms with Gasteiger partial charge in [-0.1, -0.05) is 84.9 Å². The fraction of sp³-hybridized carbons (Fsp3) is 0.0606. The number of urea groups is 1. The molecule has 6 rings (SSSR count). The first-order chi connectivity index (χ1) is 20.5. The number of anilines is 2. The highest BCUT2D eigenvalue weighted by Gasteiger charge is 2.17. The number of halogens is 1. The molecular weight excluding hydrogens is 592 g/mol. The molecule has 9 heteroatoms. The predicted molar refractivity (Wildman–Crippen MR) is 168 cm³/mol. The number of nitrogens with zero attached hydrogens (tertiary/aromatic N) is 3. The maximum Gasteiger partial charge on any atom is 0.319 e. The number of benzene rings is 4. The molecule has 2 amide bonds. The molecule has 42 heavy (non-hydrogen) atoms. The molecule has 4 N–H and O–H groups in total. The van der Waals surface area contributed by atoms with Crippen molar-refractivity contribution in [1.29, 1.82) is 0 Å². The van der Waals surface area contributed by atoms with E-state index in [1.165, 1.54) is 0 Å². The lowest BCUT2D eigenvalue weighted by Gasteiger charge is -2.20. The summed E-state index contributed by atoms with van der Waals surface area (Å²) in [6.07, 6.45) is 1.68. The summed E-state index contributed by atoms with van der Waals surface area (Å²) in [5.74, 6) is 0.850. The first kappa shape index (κ1) is 27.0. The summed E-state index contributed by atoms with van der Waals surface area (Å²) < 4.78 is 2.44. The summed E-state index contributed by atoms with van der Waals surface area (Å²) in [7, 11) is 0. The molecule has 4 aromatic carbocycles. The number of hydrogen-bond acceptors (Lipinski definition) is 5. The highest BCUT2D eigenvalue weighted by molar-refractivity contribution is 9.10. The van der Waals surface area contributed by atoms with E-state index in [0.717, 1.165) is 21.2 Å². The summed E-state index contributed by atoms with van der Waals surface area (Å²) in [4.78, 5) is 17.8. The minimum Gasteiger partial charge on any atom is -0.507 e. The summed E-state index contributed by atoms with van der Waals surface area (Å²) in [6, 6.07) is 35.8. The van der Waals surface area contributed by atoms with E-state index in [0.29, 0.717) is 35.0 Å². The maximum atomic E-state index is 13.1. The third kappa shape index (κ3) is 5.96. The Morgan fingerprint density at radius 2 is 1.55 bits per heavy atom. The lowest BCUT2D eigenvalue weighted by atomic mass is 9.99. The highest BCUT2D eigenvalue weighted by atomic mass is 79.9. The van der Waals surface area contributed by atoms with Gasteiger partial charge in [-0.05, 0) is 56.9 Å². The molecule has 0 spiro atoms. The number of hydrogen-bond donors (Lipinski definition) is 4. The van der Waals surface area contributed by atoms with Gasteiger partial charge in [0.25, 0.3) is 0 Å². The molecule has 0 aliphatic heterocycles. The lowest BCUT2D eigenvalue weighted by Crippen LogP contribution is -2.33. The molecule has 0 bridgehead atoms. The number of rotatable bonds is 8. The number of carbonyl (C=O) groups excluding carboxylic acids is 1. The van der Waals surface area contributed by atoms with E-state index in [2.05, 4.69) is 37.0 Å². The van der Waals surface area contributed by atoms with Crippen molar-refractivity contribution in [2.75, 3.05) is 10.6 Å². The zero-order valence-corrected chi connectivity index (χ0v) is 24.0. The van der Waals surface area contributed by atoms with Crippen molar-refractivity contribution in [3.63, 3.8) is 0 Å². The van der Waals surface area contributed by atoms with Crippen LogP contribution in [0.1, 0.15) is 22.7 Å². The van der Waals surface area contributed by atoms with Crippen LogP contribution in [0.5, 0.6) is 5.75 Å². The number of para-hydroxylation sites is 1. The topological polar surface area (TPSA) is 104 Å². The molecule has 0 aliphatic carbocycles. The second-order valence-corrected chi connectivity index (χ2v) is 10.5. The van der Waals surface area contributed by atoms with Gasteiger partial charge in [0, 0.05) is 23.9 Å².